The number of nitrogens with two attached hydrogens (primary N) is 1. The molecule has 0 aliphatic rings. The Morgan fingerprint density at radius 2 is 2.40 bits per heavy atom. The van der Waals surface area contributed by atoms with Gasteiger partial charge in [0.2, 0.25) is 0 Å². The third-order valence-corrected chi connectivity index (χ3v) is 1.27. The van der Waals surface area contributed by atoms with E-state index in [1.807, 2.05) is 0 Å². The molecule has 0 aliphatic carbocycles. The third-order valence-electron chi connectivity index (χ3n) is 1.07. The number of nitrogens with zero attached hydrogens (tertiary/aromatic N) is 1. The molecule has 3 nitrogen and oxygen atoms in total. The molecule has 1 rings (SSSR count). The summed E-state index contributed by atoms with van der Waals surface area (Å²) < 4.78 is 0. The first-order valence-electron chi connectivity index (χ1n) is 2.61. The second-order valence-corrected chi connectivity index (χ2v) is 2.08. The van der Waals surface area contributed by atoms with Crippen molar-refractivity contribution in [2.75, 3.05) is 5.73 Å². The predicted octanol–water partition coefficient (Wildman–Crippen LogP) is 1.04. The number of anilines is 1. The minimum Gasteiger partial charge on any atom is -0.398 e. The van der Waals surface area contributed by atoms with E-state index < -0.39 is 5.24 Å². The largest absolute Gasteiger partial charge is 0.398 e. The molecular weight excluding hydrogens is 152 g/mol. The van der Waals surface area contributed by atoms with E-state index in [4.69, 9.17) is 17.3 Å². The number of halogens is 1. The number of carbonyl (C=O) groups excluding carboxylic acids is 1. The Balaban J connectivity index is 3.15. The van der Waals surface area contributed by atoms with Gasteiger partial charge in [0.1, 0.15) is 0 Å². The van der Waals surface area contributed by atoms with Crippen LogP contribution in [0.1, 0.15) is 10.4 Å². The minimum absolute atomic E-state index is 0.254. The second kappa shape index (κ2) is 2.66. The predicted molar refractivity (Wildman–Crippen MR) is 38.8 cm³/mol. The fourth-order valence-electron chi connectivity index (χ4n) is 0.569. The zero-order valence-electron chi connectivity index (χ0n) is 5.04. The van der Waals surface area contributed by atoms with E-state index in [9.17, 15) is 4.79 Å². The first-order valence-corrected chi connectivity index (χ1v) is 2.99. The number of pyridine rings is 1. The smallest absolute Gasteiger partial charge is 0.256 e. The van der Waals surface area contributed by atoms with Crippen molar-refractivity contribution >= 4 is 22.5 Å². The summed E-state index contributed by atoms with van der Waals surface area (Å²) in [7, 11) is 0. The summed E-state index contributed by atoms with van der Waals surface area (Å²) in [5, 5.41) is -0.578. The highest BCUT2D eigenvalue weighted by Crippen LogP contribution is 2.10. The molecule has 0 saturated heterocycles. The molecular formula is C6H5ClN2O. The molecule has 10 heavy (non-hydrogen) atoms. The summed E-state index contributed by atoms with van der Waals surface area (Å²) in [5.74, 6) is 0. The maximum Gasteiger partial charge on any atom is 0.256 e. The summed E-state index contributed by atoms with van der Waals surface area (Å²) >= 11 is 5.15. The summed E-state index contributed by atoms with van der Waals surface area (Å²) in [6, 6.07) is 1.52. The highest BCUT2D eigenvalue weighted by molar-refractivity contribution is 6.68. The normalized spacial score (nSPS) is 9.30. The number of nitrogen functional groups attached to an aromatic ring is 1. The van der Waals surface area contributed by atoms with Crippen LogP contribution in [0, 0.1) is 0 Å². The standard InChI is InChI=1S/C6H5ClN2O/c7-6(10)4-3-9-2-1-5(4)8/h1-3H,(H2,8,9). The van der Waals surface area contributed by atoms with Crippen LogP contribution in [0.5, 0.6) is 0 Å². The molecule has 0 aliphatic heterocycles. The Labute approximate surface area is 62.8 Å². The topological polar surface area (TPSA) is 56.0 Å². The fraction of sp³-hybridized carbons (Fsp3) is 0. The molecule has 0 aromatic carbocycles. The molecule has 4 heteroatoms. The lowest BCUT2D eigenvalue weighted by Crippen LogP contribution is -1.97. The Morgan fingerprint density at radius 3 is 2.80 bits per heavy atom. The van der Waals surface area contributed by atoms with Crippen molar-refractivity contribution in [1.82, 2.24) is 4.98 Å². The summed E-state index contributed by atoms with van der Waals surface area (Å²) in [5.41, 5.74) is 5.99. The average molecular weight is 157 g/mol. The first kappa shape index (κ1) is 7.02. The summed E-state index contributed by atoms with van der Waals surface area (Å²) in [4.78, 5) is 14.2. The van der Waals surface area contributed by atoms with E-state index in [2.05, 4.69) is 4.98 Å². The van der Waals surface area contributed by atoms with Gasteiger partial charge in [-0.3, -0.25) is 9.78 Å². The lowest BCUT2D eigenvalue weighted by molar-refractivity contribution is 0.108. The van der Waals surface area contributed by atoms with Crippen molar-refractivity contribution in [3.05, 3.63) is 24.0 Å². The van der Waals surface area contributed by atoms with Gasteiger partial charge >= 0.3 is 0 Å². The number of hydrogen-bond donors (Lipinski definition) is 1. The fourth-order valence-corrected chi connectivity index (χ4v) is 0.727. The summed E-state index contributed by atoms with van der Waals surface area (Å²) in [6.07, 6.45) is 2.84. The maximum absolute atomic E-state index is 10.5. The molecule has 0 unspecified atom stereocenters. The molecule has 1 aromatic heterocycles. The van der Waals surface area contributed by atoms with Gasteiger partial charge in [-0.1, -0.05) is 0 Å². The van der Waals surface area contributed by atoms with E-state index in [-0.39, 0.29) is 5.56 Å². The van der Waals surface area contributed by atoms with E-state index in [0.717, 1.165) is 0 Å². The lowest BCUT2D eigenvalue weighted by atomic mass is 10.3. The highest BCUT2D eigenvalue weighted by atomic mass is 35.5. The molecule has 0 amide bonds. The monoisotopic (exact) mass is 156 g/mol. The molecule has 0 saturated carbocycles. The summed E-state index contributed by atoms with van der Waals surface area (Å²) in [6.45, 7) is 0. The molecule has 0 fully saturated rings. The van der Waals surface area contributed by atoms with Gasteiger partial charge in [-0.25, -0.2) is 0 Å². The van der Waals surface area contributed by atoms with Gasteiger partial charge in [-0.2, -0.15) is 0 Å². The number of carbonyl (C=O) groups is 1. The second-order valence-electron chi connectivity index (χ2n) is 1.74. The van der Waals surface area contributed by atoms with Crippen LogP contribution >= 0.6 is 11.6 Å². The van der Waals surface area contributed by atoms with Crippen molar-refractivity contribution in [1.29, 1.82) is 0 Å². The van der Waals surface area contributed by atoms with E-state index in [1.165, 1.54) is 18.5 Å². The van der Waals surface area contributed by atoms with Gasteiger partial charge in [0, 0.05) is 18.1 Å². The van der Waals surface area contributed by atoms with Crippen LogP contribution in [0.15, 0.2) is 18.5 Å². The van der Waals surface area contributed by atoms with Gasteiger partial charge in [-0.05, 0) is 17.7 Å². The van der Waals surface area contributed by atoms with Crippen LogP contribution in [0.4, 0.5) is 5.69 Å². The Hall–Kier alpha value is -1.09. The molecule has 0 atom stereocenters. The number of hydrogen-bond acceptors (Lipinski definition) is 3. The van der Waals surface area contributed by atoms with Crippen molar-refractivity contribution in [2.24, 2.45) is 0 Å². The molecule has 0 radical (unpaired) electrons. The zero-order chi connectivity index (χ0) is 7.56. The van der Waals surface area contributed by atoms with Crippen LogP contribution in [0.25, 0.3) is 0 Å². The van der Waals surface area contributed by atoms with Crippen LogP contribution in [0.2, 0.25) is 0 Å². The molecule has 0 bridgehead atoms. The average Bonchev–Trinajstić information content (AvgIpc) is 1.88. The van der Waals surface area contributed by atoms with E-state index in [1.54, 1.807) is 0 Å². The van der Waals surface area contributed by atoms with Crippen LogP contribution in [-0.4, -0.2) is 10.2 Å². The molecule has 1 aromatic rings. The van der Waals surface area contributed by atoms with Crippen molar-refractivity contribution < 1.29 is 4.79 Å². The van der Waals surface area contributed by atoms with Gasteiger partial charge in [0.05, 0.1) is 5.56 Å². The number of rotatable bonds is 1. The maximum atomic E-state index is 10.5. The van der Waals surface area contributed by atoms with Gasteiger partial charge in [0.25, 0.3) is 5.24 Å². The van der Waals surface area contributed by atoms with Gasteiger partial charge in [0.15, 0.2) is 0 Å². The van der Waals surface area contributed by atoms with Crippen molar-refractivity contribution in [3.8, 4) is 0 Å². The van der Waals surface area contributed by atoms with Crippen molar-refractivity contribution in [3.63, 3.8) is 0 Å². The lowest BCUT2D eigenvalue weighted by Gasteiger charge is -1.95. The third kappa shape index (κ3) is 1.25. The molecule has 1 heterocycles. The quantitative estimate of drug-likeness (QED) is 0.619. The van der Waals surface area contributed by atoms with Crippen LogP contribution < -0.4 is 5.73 Å². The number of aromatic nitrogens is 1. The zero-order valence-corrected chi connectivity index (χ0v) is 5.80. The molecule has 52 valence electrons. The molecule has 0 spiro atoms. The van der Waals surface area contributed by atoms with Crippen LogP contribution in [0.3, 0.4) is 0 Å². The van der Waals surface area contributed by atoms with E-state index in [0.29, 0.717) is 5.69 Å². The Morgan fingerprint density at radius 1 is 1.70 bits per heavy atom. The van der Waals surface area contributed by atoms with Crippen molar-refractivity contribution in [2.45, 2.75) is 0 Å². The first-order chi connectivity index (χ1) is 4.72. The van der Waals surface area contributed by atoms with Gasteiger partial charge < -0.3 is 5.73 Å². The SMILES string of the molecule is Nc1ccncc1C(=O)Cl. The van der Waals surface area contributed by atoms with Gasteiger partial charge in [-0.15, -0.1) is 0 Å². The van der Waals surface area contributed by atoms with E-state index >= 15 is 0 Å². The highest BCUT2D eigenvalue weighted by Gasteiger charge is 2.04. The minimum atomic E-state index is -0.578. The Kier molecular flexibility index (Phi) is 1.87. The Bertz CT molecular complexity index is 262. The molecule has 2 N–H and O–H groups in total. The van der Waals surface area contributed by atoms with Crippen LogP contribution in [-0.2, 0) is 0 Å².